The van der Waals surface area contributed by atoms with Crippen molar-refractivity contribution >= 4 is 45.8 Å². The molecule has 29 heavy (non-hydrogen) atoms. The lowest BCUT2D eigenvalue weighted by atomic mass is 10.1. The number of nitrogens with two attached hydrogens (primary N) is 1. The molecule has 0 spiro atoms. The maximum atomic E-state index is 11.9. The molecule has 1 aromatic carbocycles. The number of rotatable bonds is 5. The number of nitrogens with zero attached hydrogens (tertiary/aromatic N) is 2. The second-order valence-electron chi connectivity index (χ2n) is 7.14. The van der Waals surface area contributed by atoms with Crippen molar-refractivity contribution < 1.29 is 4.79 Å². The number of halogens is 1. The second kappa shape index (κ2) is 7.71. The Kier molecular flexibility index (Phi) is 5.10. The fourth-order valence-corrected chi connectivity index (χ4v) is 4.07. The van der Waals surface area contributed by atoms with Gasteiger partial charge in [-0.1, -0.05) is 30.5 Å². The third kappa shape index (κ3) is 3.51. The molecule has 0 saturated heterocycles. The molecule has 6 N–H and O–H groups in total. The van der Waals surface area contributed by atoms with Crippen LogP contribution in [0.4, 0.5) is 11.6 Å². The molecule has 9 heteroatoms. The predicted octanol–water partition coefficient (Wildman–Crippen LogP) is 3.32. The summed E-state index contributed by atoms with van der Waals surface area (Å²) in [6, 6.07) is 5.47. The molecule has 1 aliphatic carbocycles. The molecule has 2 aromatic heterocycles. The molecule has 8 nitrogen and oxygen atoms in total. The first-order chi connectivity index (χ1) is 14.0. The van der Waals surface area contributed by atoms with Gasteiger partial charge in [0.2, 0.25) is 0 Å². The van der Waals surface area contributed by atoms with E-state index in [1.54, 1.807) is 25.2 Å². The van der Waals surface area contributed by atoms with E-state index in [1.807, 2.05) is 0 Å². The number of hydrogen-bond donors (Lipinski definition) is 5. The summed E-state index contributed by atoms with van der Waals surface area (Å²) in [4.78, 5) is 23.5. The van der Waals surface area contributed by atoms with Gasteiger partial charge in [0.1, 0.15) is 18.0 Å². The van der Waals surface area contributed by atoms with Crippen LogP contribution in [0.5, 0.6) is 0 Å². The largest absolute Gasteiger partial charge is 0.383 e. The van der Waals surface area contributed by atoms with Gasteiger partial charge in [-0.25, -0.2) is 9.97 Å². The molecule has 1 fully saturated rings. The zero-order valence-electron chi connectivity index (χ0n) is 16.0. The van der Waals surface area contributed by atoms with Gasteiger partial charge in [-0.3, -0.25) is 10.2 Å². The Morgan fingerprint density at radius 1 is 1.31 bits per heavy atom. The summed E-state index contributed by atoms with van der Waals surface area (Å²) in [6.45, 7) is 0. The third-order valence-electron chi connectivity index (χ3n) is 5.30. The highest BCUT2D eigenvalue weighted by Gasteiger charge is 2.24. The highest BCUT2D eigenvalue weighted by atomic mass is 35.5. The van der Waals surface area contributed by atoms with Gasteiger partial charge in [-0.05, 0) is 25.0 Å². The topological polar surface area (TPSA) is 133 Å². The first kappa shape index (κ1) is 19.2. The number of aromatic nitrogens is 3. The second-order valence-corrected chi connectivity index (χ2v) is 7.51. The van der Waals surface area contributed by atoms with Crippen LogP contribution in [0, 0.1) is 5.41 Å². The molecule has 2 heterocycles. The fourth-order valence-electron chi connectivity index (χ4n) is 3.76. The minimum Gasteiger partial charge on any atom is -0.383 e. The zero-order valence-corrected chi connectivity index (χ0v) is 16.7. The molecule has 0 bridgehead atoms. The normalized spacial score (nSPS) is 14.3. The van der Waals surface area contributed by atoms with E-state index in [2.05, 4.69) is 25.6 Å². The van der Waals surface area contributed by atoms with Crippen molar-refractivity contribution in [1.82, 2.24) is 20.3 Å². The lowest BCUT2D eigenvalue weighted by molar-refractivity contribution is 0.0963. The highest BCUT2D eigenvalue weighted by Crippen LogP contribution is 2.32. The maximum absolute atomic E-state index is 11.9. The molecular weight excluding hydrogens is 390 g/mol. The standard InChI is InChI=1S/C20H22ClN7O/c1-24-20(29)10-6-7-12-13(8-10)28-17(15(12)21)16(22)14-18(23)25-9-26-19(14)27-11-4-2-3-5-11/h6-9,11,22,28H,2-5H2,1H3,(H,24,29)(H3,23,25,26,27). The van der Waals surface area contributed by atoms with Gasteiger partial charge in [0.15, 0.2) is 0 Å². The summed E-state index contributed by atoms with van der Waals surface area (Å²) in [5.74, 6) is 0.555. The summed E-state index contributed by atoms with van der Waals surface area (Å²) in [7, 11) is 1.58. The molecule has 3 aromatic rings. The van der Waals surface area contributed by atoms with Crippen LogP contribution in [0.3, 0.4) is 0 Å². The fraction of sp³-hybridized carbons (Fsp3) is 0.300. The highest BCUT2D eigenvalue weighted by molar-refractivity contribution is 6.40. The van der Waals surface area contributed by atoms with Crippen LogP contribution in [-0.2, 0) is 0 Å². The minimum absolute atomic E-state index is 0.103. The van der Waals surface area contributed by atoms with E-state index < -0.39 is 0 Å². The van der Waals surface area contributed by atoms with Crippen LogP contribution in [0.25, 0.3) is 10.9 Å². The molecule has 0 radical (unpaired) electrons. The lowest BCUT2D eigenvalue weighted by Gasteiger charge is -2.17. The smallest absolute Gasteiger partial charge is 0.251 e. The van der Waals surface area contributed by atoms with Crippen molar-refractivity contribution in [3.63, 3.8) is 0 Å². The van der Waals surface area contributed by atoms with Crippen molar-refractivity contribution in [1.29, 1.82) is 5.41 Å². The molecular formula is C20H22ClN7O. The number of nitrogen functional groups attached to an aromatic ring is 1. The van der Waals surface area contributed by atoms with E-state index in [0.29, 0.717) is 39.2 Å². The van der Waals surface area contributed by atoms with Crippen LogP contribution in [0.2, 0.25) is 5.02 Å². The maximum Gasteiger partial charge on any atom is 0.251 e. The van der Waals surface area contributed by atoms with Crippen molar-refractivity contribution in [2.24, 2.45) is 0 Å². The van der Waals surface area contributed by atoms with E-state index in [-0.39, 0.29) is 17.4 Å². The van der Waals surface area contributed by atoms with Crippen molar-refractivity contribution in [2.75, 3.05) is 18.1 Å². The molecule has 1 saturated carbocycles. The van der Waals surface area contributed by atoms with Gasteiger partial charge in [-0.15, -0.1) is 0 Å². The summed E-state index contributed by atoms with van der Waals surface area (Å²) in [5.41, 5.74) is 8.21. The molecule has 0 atom stereocenters. The zero-order chi connectivity index (χ0) is 20.5. The number of carbonyl (C=O) groups is 1. The SMILES string of the molecule is CNC(=O)c1ccc2c(Cl)c(C(=N)c3c(N)ncnc3NC3CCCC3)[nH]c2c1. The minimum atomic E-state index is -0.196. The van der Waals surface area contributed by atoms with Gasteiger partial charge in [0, 0.05) is 29.6 Å². The van der Waals surface area contributed by atoms with Crippen LogP contribution >= 0.6 is 11.6 Å². The molecule has 0 unspecified atom stereocenters. The van der Waals surface area contributed by atoms with E-state index in [4.69, 9.17) is 22.7 Å². The average molecular weight is 412 g/mol. The Morgan fingerprint density at radius 2 is 2.07 bits per heavy atom. The number of amides is 1. The Bertz CT molecular complexity index is 1100. The lowest BCUT2D eigenvalue weighted by Crippen LogP contribution is -2.20. The number of nitrogens with one attached hydrogen (secondary N) is 4. The number of anilines is 2. The van der Waals surface area contributed by atoms with Gasteiger partial charge in [0.25, 0.3) is 5.91 Å². The predicted molar refractivity (Wildman–Crippen MR) is 115 cm³/mol. The van der Waals surface area contributed by atoms with Gasteiger partial charge < -0.3 is 21.4 Å². The third-order valence-corrected chi connectivity index (χ3v) is 5.69. The van der Waals surface area contributed by atoms with Crippen LogP contribution < -0.4 is 16.4 Å². The van der Waals surface area contributed by atoms with Crippen LogP contribution in [-0.4, -0.2) is 39.7 Å². The van der Waals surface area contributed by atoms with E-state index in [0.717, 1.165) is 18.2 Å². The molecule has 1 aliphatic rings. The van der Waals surface area contributed by atoms with Crippen molar-refractivity contribution in [2.45, 2.75) is 31.7 Å². The number of H-pyrrole nitrogens is 1. The monoisotopic (exact) mass is 411 g/mol. The summed E-state index contributed by atoms with van der Waals surface area (Å²) >= 11 is 6.57. The Hall–Kier alpha value is -3.13. The van der Waals surface area contributed by atoms with Gasteiger partial charge in [-0.2, -0.15) is 0 Å². The number of fused-ring (bicyclic) bond motifs is 1. The average Bonchev–Trinajstić information content (AvgIpc) is 3.34. The van der Waals surface area contributed by atoms with E-state index >= 15 is 0 Å². The number of benzene rings is 1. The molecule has 1 amide bonds. The summed E-state index contributed by atoms with van der Waals surface area (Å²) in [5, 5.41) is 15.9. The first-order valence-corrected chi connectivity index (χ1v) is 9.87. The Labute approximate surface area is 172 Å². The first-order valence-electron chi connectivity index (χ1n) is 9.49. The number of hydrogen-bond acceptors (Lipinski definition) is 6. The van der Waals surface area contributed by atoms with Crippen LogP contribution in [0.1, 0.15) is 47.3 Å². The summed E-state index contributed by atoms with van der Waals surface area (Å²) in [6.07, 6.45) is 5.86. The van der Waals surface area contributed by atoms with E-state index in [1.165, 1.54) is 19.2 Å². The Balaban J connectivity index is 1.75. The van der Waals surface area contributed by atoms with E-state index in [9.17, 15) is 4.79 Å². The van der Waals surface area contributed by atoms with Gasteiger partial charge >= 0.3 is 0 Å². The van der Waals surface area contributed by atoms with Crippen LogP contribution in [0.15, 0.2) is 24.5 Å². The number of aromatic amines is 1. The number of carbonyl (C=O) groups excluding carboxylic acids is 1. The molecule has 0 aliphatic heterocycles. The summed E-state index contributed by atoms with van der Waals surface area (Å²) < 4.78 is 0. The Morgan fingerprint density at radius 3 is 2.79 bits per heavy atom. The van der Waals surface area contributed by atoms with Crippen molar-refractivity contribution in [3.8, 4) is 0 Å². The molecule has 150 valence electrons. The van der Waals surface area contributed by atoms with Crippen molar-refractivity contribution in [3.05, 3.63) is 46.4 Å². The quantitative estimate of drug-likeness (QED) is 0.411. The van der Waals surface area contributed by atoms with Gasteiger partial charge in [0.05, 0.1) is 22.0 Å². The molecule has 4 rings (SSSR count).